The maximum Gasteiger partial charge on any atom is 0.184 e. The van der Waals surface area contributed by atoms with Gasteiger partial charge in [-0.15, -0.1) is 0 Å². The Labute approximate surface area is 231 Å². The van der Waals surface area contributed by atoms with E-state index >= 15 is 0 Å². The van der Waals surface area contributed by atoms with Gasteiger partial charge in [0.15, 0.2) is 6.29 Å². The molecule has 0 saturated carbocycles. The van der Waals surface area contributed by atoms with Gasteiger partial charge in [-0.05, 0) is 47.0 Å². The third-order valence-electron chi connectivity index (χ3n) is 7.34. The lowest BCUT2D eigenvalue weighted by Crippen LogP contribution is -2.38. The molecule has 6 nitrogen and oxygen atoms in total. The van der Waals surface area contributed by atoms with Crippen molar-refractivity contribution in [3.05, 3.63) is 125 Å². The van der Waals surface area contributed by atoms with Crippen molar-refractivity contribution in [3.8, 4) is 11.1 Å². The van der Waals surface area contributed by atoms with Crippen molar-refractivity contribution < 1.29 is 14.6 Å². The van der Waals surface area contributed by atoms with Crippen LogP contribution in [0.2, 0.25) is 0 Å². The number of hydrogen-bond donors (Lipinski definition) is 2. The molecule has 3 N–H and O–H groups in total. The third-order valence-corrected chi connectivity index (χ3v) is 7.34. The molecule has 3 aromatic carbocycles. The molecule has 0 radical (unpaired) electrons. The van der Waals surface area contributed by atoms with E-state index in [0.29, 0.717) is 6.54 Å². The molecule has 0 spiro atoms. The molecule has 6 heteroatoms. The Kier molecular flexibility index (Phi) is 9.14. The van der Waals surface area contributed by atoms with Crippen molar-refractivity contribution in [2.75, 3.05) is 20.1 Å². The molecule has 0 amide bonds. The van der Waals surface area contributed by atoms with Crippen LogP contribution in [0.3, 0.4) is 0 Å². The van der Waals surface area contributed by atoms with Crippen molar-refractivity contribution in [3.63, 3.8) is 0 Å². The van der Waals surface area contributed by atoms with Crippen molar-refractivity contribution in [2.24, 2.45) is 5.73 Å². The summed E-state index contributed by atoms with van der Waals surface area (Å²) in [6, 6.07) is 30.7. The van der Waals surface area contributed by atoms with Crippen LogP contribution in [-0.2, 0) is 29.0 Å². The minimum Gasteiger partial charge on any atom is -0.392 e. The fourth-order valence-corrected chi connectivity index (χ4v) is 5.12. The molecular formula is C33H37N3O3. The fraction of sp³-hybridized carbons (Fsp3) is 0.303. The van der Waals surface area contributed by atoms with Gasteiger partial charge in [0, 0.05) is 49.9 Å². The highest BCUT2D eigenvalue weighted by Gasteiger charge is 2.32. The van der Waals surface area contributed by atoms with Crippen LogP contribution in [-0.4, -0.2) is 41.2 Å². The summed E-state index contributed by atoms with van der Waals surface area (Å²) < 4.78 is 13.1. The van der Waals surface area contributed by atoms with E-state index in [1.807, 2.05) is 54.7 Å². The molecule has 1 aliphatic rings. The van der Waals surface area contributed by atoms with E-state index in [0.717, 1.165) is 65.0 Å². The summed E-state index contributed by atoms with van der Waals surface area (Å²) in [5.74, 6) is 0. The predicted molar refractivity (Wildman–Crippen MR) is 154 cm³/mol. The van der Waals surface area contributed by atoms with Gasteiger partial charge >= 0.3 is 0 Å². The highest BCUT2D eigenvalue weighted by atomic mass is 16.7. The van der Waals surface area contributed by atoms with Gasteiger partial charge < -0.3 is 25.2 Å². The van der Waals surface area contributed by atoms with E-state index in [-0.39, 0.29) is 18.8 Å². The first-order chi connectivity index (χ1) is 19.1. The zero-order chi connectivity index (χ0) is 27.0. The molecule has 1 aromatic heterocycles. The average Bonchev–Trinajstić information content (AvgIpc) is 3.00. The minimum absolute atomic E-state index is 0.00218. The highest BCUT2D eigenvalue weighted by molar-refractivity contribution is 5.67. The molecule has 3 atom stereocenters. The fourth-order valence-electron chi connectivity index (χ4n) is 5.12. The van der Waals surface area contributed by atoms with Gasteiger partial charge in [-0.2, -0.15) is 0 Å². The Bertz CT molecular complexity index is 1310. The second-order valence-electron chi connectivity index (χ2n) is 10.2. The average molecular weight is 524 g/mol. The van der Waals surface area contributed by atoms with Crippen LogP contribution in [0.1, 0.15) is 46.8 Å². The Morgan fingerprint density at radius 2 is 1.64 bits per heavy atom. The maximum atomic E-state index is 9.47. The van der Waals surface area contributed by atoms with Crippen molar-refractivity contribution >= 4 is 0 Å². The summed E-state index contributed by atoms with van der Waals surface area (Å²) >= 11 is 0. The van der Waals surface area contributed by atoms with E-state index < -0.39 is 6.29 Å². The zero-order valence-electron chi connectivity index (χ0n) is 22.4. The predicted octanol–water partition coefficient (Wildman–Crippen LogP) is 5.42. The van der Waals surface area contributed by atoms with E-state index in [1.165, 1.54) is 0 Å². The van der Waals surface area contributed by atoms with Gasteiger partial charge in [0.25, 0.3) is 0 Å². The lowest BCUT2D eigenvalue weighted by molar-refractivity contribution is -0.252. The SMILES string of the molecule is CN(CCc1ccccn1)C[C@@H]1C[C@H](c2ccc(CO)cc2)O[C@H](c2ccc(-c3ccccc3CN)cc2)O1. The summed E-state index contributed by atoms with van der Waals surface area (Å²) in [6.45, 7) is 2.22. The van der Waals surface area contributed by atoms with Crippen LogP contribution in [0.15, 0.2) is 97.2 Å². The van der Waals surface area contributed by atoms with Crippen LogP contribution >= 0.6 is 0 Å². The van der Waals surface area contributed by atoms with E-state index in [4.69, 9.17) is 15.2 Å². The van der Waals surface area contributed by atoms with Crippen molar-refractivity contribution in [1.82, 2.24) is 9.88 Å². The van der Waals surface area contributed by atoms with E-state index in [2.05, 4.69) is 59.4 Å². The van der Waals surface area contributed by atoms with Crippen molar-refractivity contribution in [2.45, 2.75) is 44.5 Å². The van der Waals surface area contributed by atoms with Gasteiger partial charge in [-0.3, -0.25) is 4.98 Å². The largest absolute Gasteiger partial charge is 0.392 e. The molecule has 39 heavy (non-hydrogen) atoms. The first-order valence-electron chi connectivity index (χ1n) is 13.6. The molecule has 5 rings (SSSR count). The molecule has 0 aliphatic carbocycles. The Morgan fingerprint density at radius 1 is 0.897 bits per heavy atom. The zero-order valence-corrected chi connectivity index (χ0v) is 22.4. The quantitative estimate of drug-likeness (QED) is 0.289. The number of ether oxygens (including phenoxy) is 2. The second-order valence-corrected chi connectivity index (χ2v) is 10.2. The molecule has 4 aromatic rings. The van der Waals surface area contributed by atoms with Crippen LogP contribution in [0.4, 0.5) is 0 Å². The van der Waals surface area contributed by atoms with Gasteiger partial charge in [-0.25, -0.2) is 0 Å². The first kappa shape index (κ1) is 27.2. The summed E-state index contributed by atoms with van der Waals surface area (Å²) in [4.78, 5) is 6.76. The molecule has 1 fully saturated rings. The molecule has 0 unspecified atom stereocenters. The number of aliphatic hydroxyl groups excluding tert-OH is 1. The summed E-state index contributed by atoms with van der Waals surface area (Å²) in [6.07, 6.45) is 2.90. The number of rotatable bonds is 10. The molecular weight excluding hydrogens is 486 g/mol. The highest BCUT2D eigenvalue weighted by Crippen LogP contribution is 2.38. The second kappa shape index (κ2) is 13.1. The third kappa shape index (κ3) is 6.98. The molecule has 1 saturated heterocycles. The summed E-state index contributed by atoms with van der Waals surface area (Å²) in [7, 11) is 2.13. The van der Waals surface area contributed by atoms with Crippen LogP contribution in [0.5, 0.6) is 0 Å². The number of benzene rings is 3. The van der Waals surface area contributed by atoms with Gasteiger partial charge in [0.1, 0.15) is 0 Å². The molecule has 0 bridgehead atoms. The Morgan fingerprint density at radius 3 is 2.36 bits per heavy atom. The summed E-state index contributed by atoms with van der Waals surface area (Å²) in [5, 5.41) is 9.47. The van der Waals surface area contributed by atoms with Gasteiger partial charge in [0.05, 0.1) is 18.8 Å². The van der Waals surface area contributed by atoms with Crippen LogP contribution in [0, 0.1) is 0 Å². The Balaban J connectivity index is 1.33. The van der Waals surface area contributed by atoms with Gasteiger partial charge in [-0.1, -0.05) is 78.9 Å². The Hall–Kier alpha value is -3.39. The molecule has 2 heterocycles. The normalized spacial score (nSPS) is 19.3. The number of likely N-dealkylation sites (N-methyl/N-ethyl adjacent to an activating group) is 1. The lowest BCUT2D eigenvalue weighted by Gasteiger charge is -2.38. The number of nitrogens with two attached hydrogens (primary N) is 1. The minimum atomic E-state index is -0.478. The summed E-state index contributed by atoms with van der Waals surface area (Å²) in [5.41, 5.74) is 13.4. The van der Waals surface area contributed by atoms with Crippen molar-refractivity contribution in [1.29, 1.82) is 0 Å². The smallest absolute Gasteiger partial charge is 0.184 e. The first-order valence-corrected chi connectivity index (χ1v) is 13.6. The standard InChI is InChI=1S/C33H37N3O3/c1-36(19-17-29-7-4-5-18-35-29)22-30-20-32(26-11-9-24(23-37)10-12-26)39-33(38-30)27-15-13-25(14-16-27)31-8-3-2-6-28(31)21-34/h2-16,18,30,32-33,37H,17,19-23,34H2,1H3/t30-,32+,33+/m0/s1. The van der Waals surface area contributed by atoms with Crippen LogP contribution in [0.25, 0.3) is 11.1 Å². The van der Waals surface area contributed by atoms with Crippen LogP contribution < -0.4 is 5.73 Å². The monoisotopic (exact) mass is 523 g/mol. The molecule has 1 aliphatic heterocycles. The van der Waals surface area contributed by atoms with E-state index in [9.17, 15) is 5.11 Å². The number of pyridine rings is 1. The van der Waals surface area contributed by atoms with Gasteiger partial charge in [0.2, 0.25) is 0 Å². The number of hydrogen-bond acceptors (Lipinski definition) is 6. The van der Waals surface area contributed by atoms with E-state index in [1.54, 1.807) is 0 Å². The number of aliphatic hydroxyl groups is 1. The molecule has 202 valence electrons. The topological polar surface area (TPSA) is 80.8 Å². The number of aromatic nitrogens is 1. The number of nitrogens with zero attached hydrogens (tertiary/aromatic N) is 2. The lowest BCUT2D eigenvalue weighted by atomic mass is 9.97. The maximum absolute atomic E-state index is 9.47.